The molecule has 1 rings (SSSR count). The Labute approximate surface area is 78.2 Å². The standard InChI is InChI=1S/C9H14N2O2/c1-3-5-11(2)9(12)8-7-10-4-6-13-8/h1,8,10H,4-7H2,2H3. The van der Waals surface area contributed by atoms with Gasteiger partial charge in [0.25, 0.3) is 5.91 Å². The summed E-state index contributed by atoms with van der Waals surface area (Å²) in [6.07, 6.45) is 4.73. The van der Waals surface area contributed by atoms with Crippen molar-refractivity contribution in [2.45, 2.75) is 6.10 Å². The molecule has 4 heteroatoms. The molecule has 0 bridgehead atoms. The van der Waals surface area contributed by atoms with Gasteiger partial charge in [0, 0.05) is 20.1 Å². The number of nitrogens with one attached hydrogen (secondary N) is 1. The number of carbonyl (C=O) groups is 1. The van der Waals surface area contributed by atoms with Crippen molar-refractivity contribution < 1.29 is 9.53 Å². The second kappa shape index (κ2) is 4.85. The third kappa shape index (κ3) is 2.72. The molecule has 13 heavy (non-hydrogen) atoms. The summed E-state index contributed by atoms with van der Waals surface area (Å²) in [7, 11) is 1.68. The third-order valence-corrected chi connectivity index (χ3v) is 1.91. The van der Waals surface area contributed by atoms with Crippen LogP contribution in [0.25, 0.3) is 0 Å². The van der Waals surface area contributed by atoms with Gasteiger partial charge in [0.05, 0.1) is 13.2 Å². The highest BCUT2D eigenvalue weighted by molar-refractivity contribution is 5.81. The number of hydrogen-bond acceptors (Lipinski definition) is 3. The molecule has 0 aromatic heterocycles. The number of likely N-dealkylation sites (N-methyl/N-ethyl adjacent to an activating group) is 1. The lowest BCUT2D eigenvalue weighted by Gasteiger charge is -2.26. The van der Waals surface area contributed by atoms with Gasteiger partial charge in [-0.15, -0.1) is 6.42 Å². The molecule has 0 radical (unpaired) electrons. The highest BCUT2D eigenvalue weighted by Crippen LogP contribution is 2.00. The molecule has 4 nitrogen and oxygen atoms in total. The Hall–Kier alpha value is -1.05. The van der Waals surface area contributed by atoms with Crippen LogP contribution >= 0.6 is 0 Å². The minimum absolute atomic E-state index is 0.0508. The largest absolute Gasteiger partial charge is 0.366 e. The Morgan fingerprint density at radius 2 is 2.62 bits per heavy atom. The maximum atomic E-state index is 11.6. The lowest BCUT2D eigenvalue weighted by Crippen LogP contribution is -2.48. The Balaban J connectivity index is 2.41. The molecule has 0 saturated carbocycles. The van der Waals surface area contributed by atoms with Gasteiger partial charge in [-0.25, -0.2) is 0 Å². The first kappa shape index (κ1) is 10.0. The fraction of sp³-hybridized carbons (Fsp3) is 0.667. The van der Waals surface area contributed by atoms with Crippen LogP contribution < -0.4 is 5.32 Å². The zero-order valence-corrected chi connectivity index (χ0v) is 7.75. The van der Waals surface area contributed by atoms with Gasteiger partial charge in [-0.05, 0) is 0 Å². The molecule has 1 atom stereocenters. The summed E-state index contributed by atoms with van der Waals surface area (Å²) < 4.78 is 5.28. The van der Waals surface area contributed by atoms with E-state index in [0.717, 1.165) is 6.54 Å². The van der Waals surface area contributed by atoms with Crippen LogP contribution in [0.1, 0.15) is 0 Å². The monoisotopic (exact) mass is 182 g/mol. The van der Waals surface area contributed by atoms with Crippen molar-refractivity contribution in [3.8, 4) is 12.3 Å². The highest BCUT2D eigenvalue weighted by atomic mass is 16.5. The van der Waals surface area contributed by atoms with E-state index in [1.165, 1.54) is 4.90 Å². The SMILES string of the molecule is C#CCN(C)C(=O)C1CNCCO1. The topological polar surface area (TPSA) is 41.6 Å². The van der Waals surface area contributed by atoms with Gasteiger partial charge in [-0.1, -0.05) is 5.92 Å². The van der Waals surface area contributed by atoms with E-state index < -0.39 is 0 Å². The van der Waals surface area contributed by atoms with Crippen LogP contribution in [0.4, 0.5) is 0 Å². The van der Waals surface area contributed by atoms with Gasteiger partial charge in [0.2, 0.25) is 0 Å². The minimum atomic E-state index is -0.368. The van der Waals surface area contributed by atoms with Crippen LogP contribution in [-0.4, -0.2) is 50.2 Å². The Morgan fingerprint density at radius 3 is 3.15 bits per heavy atom. The molecule has 1 aliphatic rings. The molecule has 72 valence electrons. The van der Waals surface area contributed by atoms with E-state index in [2.05, 4.69) is 11.2 Å². The van der Waals surface area contributed by atoms with Gasteiger partial charge in [0.15, 0.2) is 0 Å². The van der Waals surface area contributed by atoms with Crippen molar-refractivity contribution in [1.82, 2.24) is 10.2 Å². The molecule has 0 aromatic rings. The fourth-order valence-corrected chi connectivity index (χ4v) is 1.18. The number of ether oxygens (including phenoxy) is 1. The van der Waals surface area contributed by atoms with E-state index in [4.69, 9.17) is 11.2 Å². The molecular formula is C9H14N2O2. The lowest BCUT2D eigenvalue weighted by molar-refractivity contribution is -0.143. The molecule has 0 spiro atoms. The smallest absolute Gasteiger partial charge is 0.253 e. The van der Waals surface area contributed by atoms with Crippen LogP contribution in [0, 0.1) is 12.3 Å². The average molecular weight is 182 g/mol. The van der Waals surface area contributed by atoms with Gasteiger partial charge < -0.3 is 15.0 Å². The predicted molar refractivity (Wildman–Crippen MR) is 49.1 cm³/mol. The summed E-state index contributed by atoms with van der Waals surface area (Å²) in [4.78, 5) is 13.1. The normalized spacial score (nSPS) is 22.0. The van der Waals surface area contributed by atoms with Crippen molar-refractivity contribution in [1.29, 1.82) is 0 Å². The van der Waals surface area contributed by atoms with Gasteiger partial charge in [-0.2, -0.15) is 0 Å². The van der Waals surface area contributed by atoms with Crippen molar-refractivity contribution in [2.75, 3.05) is 33.3 Å². The summed E-state index contributed by atoms with van der Waals surface area (Å²) in [6.45, 7) is 2.30. The van der Waals surface area contributed by atoms with E-state index in [-0.39, 0.29) is 12.0 Å². The van der Waals surface area contributed by atoms with Crippen molar-refractivity contribution in [2.24, 2.45) is 0 Å². The number of nitrogens with zero attached hydrogens (tertiary/aromatic N) is 1. The number of rotatable bonds is 2. The highest BCUT2D eigenvalue weighted by Gasteiger charge is 2.24. The van der Waals surface area contributed by atoms with Crippen LogP contribution in [0.2, 0.25) is 0 Å². The van der Waals surface area contributed by atoms with Crippen LogP contribution in [-0.2, 0) is 9.53 Å². The zero-order chi connectivity index (χ0) is 9.68. The number of morpholine rings is 1. The van der Waals surface area contributed by atoms with Crippen molar-refractivity contribution in [3.05, 3.63) is 0 Å². The quantitative estimate of drug-likeness (QED) is 0.561. The van der Waals surface area contributed by atoms with Crippen LogP contribution in [0.3, 0.4) is 0 Å². The van der Waals surface area contributed by atoms with Crippen LogP contribution in [0.5, 0.6) is 0 Å². The Morgan fingerprint density at radius 1 is 1.85 bits per heavy atom. The molecule has 1 aliphatic heterocycles. The number of hydrogen-bond donors (Lipinski definition) is 1. The summed E-state index contributed by atoms with van der Waals surface area (Å²) >= 11 is 0. The predicted octanol–water partition coefficient (Wildman–Crippen LogP) is -0.934. The third-order valence-electron chi connectivity index (χ3n) is 1.91. The first-order valence-electron chi connectivity index (χ1n) is 4.26. The van der Waals surface area contributed by atoms with Crippen LogP contribution in [0.15, 0.2) is 0 Å². The maximum Gasteiger partial charge on any atom is 0.253 e. The summed E-state index contributed by atoms with van der Waals surface area (Å²) in [6, 6.07) is 0. The maximum absolute atomic E-state index is 11.6. The van der Waals surface area contributed by atoms with Crippen molar-refractivity contribution >= 4 is 5.91 Å². The van der Waals surface area contributed by atoms with Gasteiger partial charge >= 0.3 is 0 Å². The van der Waals surface area contributed by atoms with E-state index in [0.29, 0.717) is 19.7 Å². The first-order valence-corrected chi connectivity index (χ1v) is 4.26. The number of carbonyl (C=O) groups excluding carboxylic acids is 1. The summed E-state index contributed by atoms with van der Waals surface area (Å²) in [5.74, 6) is 2.37. The molecule has 1 N–H and O–H groups in total. The van der Waals surface area contributed by atoms with E-state index in [1.807, 2.05) is 0 Å². The molecule has 0 aromatic carbocycles. The molecule has 1 saturated heterocycles. The minimum Gasteiger partial charge on any atom is -0.366 e. The molecular weight excluding hydrogens is 168 g/mol. The number of amides is 1. The molecule has 1 unspecified atom stereocenters. The van der Waals surface area contributed by atoms with E-state index in [9.17, 15) is 4.79 Å². The van der Waals surface area contributed by atoms with Gasteiger partial charge in [0.1, 0.15) is 6.10 Å². The molecule has 1 amide bonds. The lowest BCUT2D eigenvalue weighted by atomic mass is 10.2. The first-order chi connectivity index (χ1) is 6.25. The number of terminal acetylenes is 1. The Bertz CT molecular complexity index is 216. The average Bonchev–Trinajstić information content (AvgIpc) is 2.18. The van der Waals surface area contributed by atoms with E-state index in [1.54, 1.807) is 7.05 Å². The molecule has 1 fully saturated rings. The fourth-order valence-electron chi connectivity index (χ4n) is 1.18. The van der Waals surface area contributed by atoms with E-state index >= 15 is 0 Å². The second-order valence-corrected chi connectivity index (χ2v) is 2.96. The summed E-state index contributed by atoms with van der Waals surface area (Å²) in [5, 5.41) is 3.09. The second-order valence-electron chi connectivity index (χ2n) is 2.96. The Kier molecular flexibility index (Phi) is 3.74. The van der Waals surface area contributed by atoms with Gasteiger partial charge in [-0.3, -0.25) is 4.79 Å². The van der Waals surface area contributed by atoms with Crippen molar-refractivity contribution in [3.63, 3.8) is 0 Å². The molecule has 0 aliphatic carbocycles. The zero-order valence-electron chi connectivity index (χ0n) is 7.75. The summed E-state index contributed by atoms with van der Waals surface area (Å²) in [5.41, 5.74) is 0. The molecule has 1 heterocycles.